The molecule has 2 aromatic rings. The number of amides is 1. The van der Waals surface area contributed by atoms with Crippen molar-refractivity contribution in [2.24, 2.45) is 0 Å². The quantitative estimate of drug-likeness (QED) is 0.793. The Kier molecular flexibility index (Phi) is 6.01. The van der Waals surface area contributed by atoms with Gasteiger partial charge in [-0.15, -0.1) is 0 Å². The first-order valence-electron chi connectivity index (χ1n) is 8.86. The molecule has 1 atom stereocenters. The summed E-state index contributed by atoms with van der Waals surface area (Å²) < 4.78 is 11.2. The number of anilines is 2. The number of carbonyl (C=O) groups excluding carboxylic acids is 1. The van der Waals surface area contributed by atoms with Crippen molar-refractivity contribution >= 4 is 17.4 Å². The number of nitrogens with one attached hydrogen (secondary N) is 2. The smallest absolute Gasteiger partial charge is 0.274 e. The third kappa shape index (κ3) is 5.16. The molecule has 1 fully saturated rings. The van der Waals surface area contributed by atoms with Gasteiger partial charge in [-0.3, -0.25) is 4.79 Å². The SMILES string of the molecule is CC(C)Oc1ccc(NC(=O)c2cc(NCC3CCCO3)ncn2)cc1. The highest BCUT2D eigenvalue weighted by molar-refractivity contribution is 6.03. The second kappa shape index (κ2) is 8.62. The van der Waals surface area contributed by atoms with E-state index in [9.17, 15) is 4.79 Å². The number of hydrogen-bond acceptors (Lipinski definition) is 6. The molecule has 26 heavy (non-hydrogen) atoms. The van der Waals surface area contributed by atoms with Crippen molar-refractivity contribution < 1.29 is 14.3 Å². The fraction of sp³-hybridized carbons (Fsp3) is 0.421. The van der Waals surface area contributed by atoms with Gasteiger partial charge in [0.15, 0.2) is 0 Å². The zero-order chi connectivity index (χ0) is 18.4. The van der Waals surface area contributed by atoms with Gasteiger partial charge in [-0.25, -0.2) is 9.97 Å². The number of aromatic nitrogens is 2. The molecule has 7 heteroatoms. The second-order valence-corrected chi connectivity index (χ2v) is 6.45. The highest BCUT2D eigenvalue weighted by atomic mass is 16.5. The molecule has 3 rings (SSSR count). The third-order valence-electron chi connectivity index (χ3n) is 3.92. The molecule has 0 aliphatic carbocycles. The molecule has 7 nitrogen and oxygen atoms in total. The summed E-state index contributed by atoms with van der Waals surface area (Å²) in [6, 6.07) is 8.88. The molecular formula is C19H24N4O3. The van der Waals surface area contributed by atoms with Gasteiger partial charge in [0, 0.05) is 24.9 Å². The Morgan fingerprint density at radius 1 is 1.31 bits per heavy atom. The molecule has 0 saturated carbocycles. The van der Waals surface area contributed by atoms with E-state index >= 15 is 0 Å². The molecule has 2 heterocycles. The number of nitrogens with zero attached hydrogens (tertiary/aromatic N) is 2. The lowest BCUT2D eigenvalue weighted by Gasteiger charge is -2.12. The van der Waals surface area contributed by atoms with Gasteiger partial charge in [0.1, 0.15) is 23.6 Å². The number of rotatable bonds is 7. The van der Waals surface area contributed by atoms with Crippen LogP contribution in [0, 0.1) is 0 Å². The van der Waals surface area contributed by atoms with Crippen molar-refractivity contribution in [3.05, 3.63) is 42.4 Å². The van der Waals surface area contributed by atoms with E-state index in [0.29, 0.717) is 23.7 Å². The van der Waals surface area contributed by atoms with Crippen molar-refractivity contribution in [2.75, 3.05) is 23.8 Å². The van der Waals surface area contributed by atoms with Crippen LogP contribution in [0.1, 0.15) is 37.2 Å². The average Bonchev–Trinajstić information content (AvgIpc) is 3.15. The Bertz CT molecular complexity index is 728. The first kappa shape index (κ1) is 18.1. The van der Waals surface area contributed by atoms with Crippen LogP contribution < -0.4 is 15.4 Å². The Morgan fingerprint density at radius 3 is 2.81 bits per heavy atom. The summed E-state index contributed by atoms with van der Waals surface area (Å²) in [6.07, 6.45) is 3.82. The fourth-order valence-corrected chi connectivity index (χ4v) is 2.69. The maximum absolute atomic E-state index is 12.4. The molecule has 1 aliphatic heterocycles. The average molecular weight is 356 g/mol. The van der Waals surface area contributed by atoms with E-state index in [1.165, 1.54) is 6.33 Å². The molecule has 0 bridgehead atoms. The minimum Gasteiger partial charge on any atom is -0.491 e. The summed E-state index contributed by atoms with van der Waals surface area (Å²) in [4.78, 5) is 20.6. The molecule has 0 spiro atoms. The van der Waals surface area contributed by atoms with Crippen LogP contribution in [-0.2, 0) is 4.74 Å². The summed E-state index contributed by atoms with van der Waals surface area (Å²) in [5, 5.41) is 6.02. The minimum absolute atomic E-state index is 0.108. The van der Waals surface area contributed by atoms with E-state index in [-0.39, 0.29) is 18.1 Å². The summed E-state index contributed by atoms with van der Waals surface area (Å²) >= 11 is 0. The first-order valence-corrected chi connectivity index (χ1v) is 8.86. The van der Waals surface area contributed by atoms with Gasteiger partial charge in [0.05, 0.1) is 12.2 Å². The number of hydrogen-bond donors (Lipinski definition) is 2. The molecule has 138 valence electrons. The summed E-state index contributed by atoms with van der Waals surface area (Å²) in [5.74, 6) is 1.09. The first-order chi connectivity index (χ1) is 12.6. The Morgan fingerprint density at radius 2 is 2.12 bits per heavy atom. The van der Waals surface area contributed by atoms with E-state index in [2.05, 4.69) is 20.6 Å². The molecule has 2 N–H and O–H groups in total. The van der Waals surface area contributed by atoms with Crippen molar-refractivity contribution in [3.63, 3.8) is 0 Å². The van der Waals surface area contributed by atoms with Crippen LogP contribution in [0.2, 0.25) is 0 Å². The van der Waals surface area contributed by atoms with E-state index in [0.717, 1.165) is 25.2 Å². The summed E-state index contributed by atoms with van der Waals surface area (Å²) in [6.45, 7) is 5.42. The monoisotopic (exact) mass is 356 g/mol. The van der Waals surface area contributed by atoms with Crippen molar-refractivity contribution in [1.82, 2.24) is 9.97 Å². The van der Waals surface area contributed by atoms with Crippen molar-refractivity contribution in [3.8, 4) is 5.75 Å². The number of ether oxygens (including phenoxy) is 2. The van der Waals surface area contributed by atoms with E-state index in [4.69, 9.17) is 9.47 Å². The zero-order valence-electron chi connectivity index (χ0n) is 15.1. The van der Waals surface area contributed by atoms with Crippen molar-refractivity contribution in [1.29, 1.82) is 0 Å². The van der Waals surface area contributed by atoms with Crippen molar-refractivity contribution in [2.45, 2.75) is 38.9 Å². The van der Waals surface area contributed by atoms with Gasteiger partial charge in [0.2, 0.25) is 0 Å². The lowest BCUT2D eigenvalue weighted by atomic mass is 10.2. The molecule has 1 aromatic heterocycles. The van der Waals surface area contributed by atoms with Gasteiger partial charge in [-0.05, 0) is 51.0 Å². The normalized spacial score (nSPS) is 16.5. The van der Waals surface area contributed by atoms with E-state index in [1.807, 2.05) is 26.0 Å². The standard InChI is InChI=1S/C19H24N4O3/c1-13(2)26-15-7-5-14(6-8-15)23-19(24)17-10-18(22-12-21-17)20-11-16-4-3-9-25-16/h5-8,10,12-13,16H,3-4,9,11H2,1-2H3,(H,23,24)(H,20,21,22). The fourth-order valence-electron chi connectivity index (χ4n) is 2.69. The Balaban J connectivity index is 1.57. The zero-order valence-corrected chi connectivity index (χ0v) is 15.1. The molecule has 1 aliphatic rings. The predicted molar refractivity (Wildman–Crippen MR) is 99.7 cm³/mol. The van der Waals surface area contributed by atoms with Crippen LogP contribution in [0.3, 0.4) is 0 Å². The maximum Gasteiger partial charge on any atom is 0.274 e. The van der Waals surface area contributed by atoms with Crippen LogP contribution in [-0.4, -0.2) is 41.2 Å². The van der Waals surface area contributed by atoms with Crippen LogP contribution in [0.25, 0.3) is 0 Å². The highest BCUT2D eigenvalue weighted by Crippen LogP contribution is 2.18. The lowest BCUT2D eigenvalue weighted by molar-refractivity contribution is 0.102. The van der Waals surface area contributed by atoms with Gasteiger partial charge in [-0.2, -0.15) is 0 Å². The van der Waals surface area contributed by atoms with Gasteiger partial charge in [-0.1, -0.05) is 0 Å². The Hall–Kier alpha value is -2.67. The van der Waals surface area contributed by atoms with Gasteiger partial charge < -0.3 is 20.1 Å². The topological polar surface area (TPSA) is 85.4 Å². The summed E-state index contributed by atoms with van der Waals surface area (Å²) in [7, 11) is 0. The predicted octanol–water partition coefficient (Wildman–Crippen LogP) is 3.11. The van der Waals surface area contributed by atoms with Crippen LogP contribution in [0.4, 0.5) is 11.5 Å². The van der Waals surface area contributed by atoms with E-state index in [1.54, 1.807) is 18.2 Å². The van der Waals surface area contributed by atoms with Crippen LogP contribution >= 0.6 is 0 Å². The molecule has 1 aromatic carbocycles. The van der Waals surface area contributed by atoms with Gasteiger partial charge >= 0.3 is 0 Å². The lowest BCUT2D eigenvalue weighted by Crippen LogP contribution is -2.20. The van der Waals surface area contributed by atoms with Gasteiger partial charge in [0.25, 0.3) is 5.91 Å². The summed E-state index contributed by atoms with van der Waals surface area (Å²) in [5.41, 5.74) is 0.982. The molecule has 1 saturated heterocycles. The molecule has 0 radical (unpaired) electrons. The third-order valence-corrected chi connectivity index (χ3v) is 3.92. The largest absolute Gasteiger partial charge is 0.491 e. The molecular weight excluding hydrogens is 332 g/mol. The highest BCUT2D eigenvalue weighted by Gasteiger charge is 2.16. The second-order valence-electron chi connectivity index (χ2n) is 6.45. The van der Waals surface area contributed by atoms with Crippen LogP contribution in [0.5, 0.6) is 5.75 Å². The minimum atomic E-state index is -0.287. The van der Waals surface area contributed by atoms with Crippen LogP contribution in [0.15, 0.2) is 36.7 Å². The maximum atomic E-state index is 12.4. The molecule has 1 unspecified atom stereocenters. The number of benzene rings is 1. The van der Waals surface area contributed by atoms with E-state index < -0.39 is 0 Å². The number of carbonyl (C=O) groups is 1. The Labute approximate surface area is 153 Å². The molecule has 1 amide bonds.